The number of carbonyl (C=O) groups is 1. The van der Waals surface area contributed by atoms with Crippen molar-refractivity contribution >= 4 is 27.5 Å². The molecule has 148 valence electrons. The van der Waals surface area contributed by atoms with Crippen LogP contribution >= 0.6 is 11.3 Å². The molecule has 0 radical (unpaired) electrons. The highest BCUT2D eigenvalue weighted by Crippen LogP contribution is 2.31. The van der Waals surface area contributed by atoms with Crippen molar-refractivity contribution in [3.8, 4) is 16.2 Å². The van der Waals surface area contributed by atoms with Crippen molar-refractivity contribution < 1.29 is 9.53 Å². The molecule has 0 spiro atoms. The van der Waals surface area contributed by atoms with Crippen LogP contribution in [0.4, 0.5) is 0 Å². The van der Waals surface area contributed by atoms with Crippen molar-refractivity contribution in [3.05, 3.63) is 46.5 Å². The average molecular weight is 401 g/mol. The third-order valence-corrected chi connectivity index (χ3v) is 5.56. The summed E-state index contributed by atoms with van der Waals surface area (Å²) in [7, 11) is 1.63. The van der Waals surface area contributed by atoms with Crippen LogP contribution in [0, 0.1) is 0 Å². The van der Waals surface area contributed by atoms with E-state index in [1.807, 2.05) is 35.2 Å². The second-order valence-corrected chi connectivity index (χ2v) is 7.65. The fraction of sp³-hybridized carbons (Fsp3) is 0.350. The number of amides is 1. The fourth-order valence-corrected chi connectivity index (χ4v) is 3.99. The topological polar surface area (TPSA) is 101 Å². The first-order valence-electron chi connectivity index (χ1n) is 9.18. The lowest BCUT2D eigenvalue weighted by molar-refractivity contribution is -0.119. The predicted octanol–water partition coefficient (Wildman–Crippen LogP) is 2.75. The van der Waals surface area contributed by atoms with Crippen LogP contribution in [0.1, 0.15) is 25.6 Å². The summed E-state index contributed by atoms with van der Waals surface area (Å²) >= 11 is 1.41. The van der Waals surface area contributed by atoms with Crippen molar-refractivity contribution in [2.45, 2.75) is 26.3 Å². The molecule has 0 atom stereocenters. The van der Waals surface area contributed by atoms with Gasteiger partial charge in [-0.25, -0.2) is 4.98 Å². The largest absolute Gasteiger partial charge is 0.497 e. The first-order chi connectivity index (χ1) is 13.5. The van der Waals surface area contributed by atoms with Gasteiger partial charge >= 0.3 is 0 Å². The van der Waals surface area contributed by atoms with Gasteiger partial charge in [0.25, 0.3) is 5.56 Å². The number of nitrogens with two attached hydrogens (primary N) is 1. The number of H-pyrrole nitrogens is 1. The van der Waals surface area contributed by atoms with E-state index in [1.165, 1.54) is 11.3 Å². The summed E-state index contributed by atoms with van der Waals surface area (Å²) in [5.74, 6) is 0.926. The Morgan fingerprint density at radius 1 is 1.32 bits per heavy atom. The van der Waals surface area contributed by atoms with Crippen LogP contribution in [-0.4, -0.2) is 41.0 Å². The van der Waals surface area contributed by atoms with E-state index in [0.29, 0.717) is 22.6 Å². The maximum Gasteiger partial charge on any atom is 0.268 e. The lowest BCUT2D eigenvalue weighted by Crippen LogP contribution is -2.35. The number of hydrogen-bond donors (Lipinski definition) is 2. The summed E-state index contributed by atoms with van der Waals surface area (Å²) in [4.78, 5) is 34.2. The van der Waals surface area contributed by atoms with Crippen LogP contribution in [-0.2, 0) is 11.3 Å². The molecule has 0 aliphatic heterocycles. The normalized spacial score (nSPS) is 11.2. The molecule has 7 nitrogen and oxygen atoms in total. The Labute approximate surface area is 167 Å². The minimum absolute atomic E-state index is 0.141. The third kappa shape index (κ3) is 4.76. The van der Waals surface area contributed by atoms with Gasteiger partial charge in [-0.1, -0.05) is 13.3 Å². The first-order valence-corrected chi connectivity index (χ1v) is 9.99. The highest BCUT2D eigenvalue weighted by atomic mass is 32.1. The molecule has 3 rings (SSSR count). The Bertz CT molecular complexity index is 1010. The second kappa shape index (κ2) is 8.99. The van der Waals surface area contributed by atoms with E-state index in [-0.39, 0.29) is 12.1 Å². The minimum Gasteiger partial charge on any atom is -0.497 e. The van der Waals surface area contributed by atoms with Gasteiger partial charge in [-0.2, -0.15) is 0 Å². The van der Waals surface area contributed by atoms with Gasteiger partial charge in [0.2, 0.25) is 5.91 Å². The number of thiophene rings is 1. The van der Waals surface area contributed by atoms with Gasteiger partial charge in [0, 0.05) is 4.88 Å². The molecule has 3 aromatic rings. The van der Waals surface area contributed by atoms with Gasteiger partial charge in [-0.05, 0) is 48.9 Å². The fourth-order valence-electron chi connectivity index (χ4n) is 2.99. The third-order valence-electron chi connectivity index (χ3n) is 4.39. The van der Waals surface area contributed by atoms with Crippen LogP contribution in [0.25, 0.3) is 20.7 Å². The van der Waals surface area contributed by atoms with Crippen molar-refractivity contribution in [2.75, 3.05) is 20.2 Å². The summed E-state index contributed by atoms with van der Waals surface area (Å²) in [6.07, 6.45) is 1.95. The second-order valence-electron chi connectivity index (χ2n) is 6.60. The summed E-state index contributed by atoms with van der Waals surface area (Å²) < 4.78 is 5.78. The summed E-state index contributed by atoms with van der Waals surface area (Å²) in [6, 6.07) is 9.61. The summed E-state index contributed by atoms with van der Waals surface area (Å²) in [6.45, 7) is 3.33. The van der Waals surface area contributed by atoms with Gasteiger partial charge in [-0.3, -0.25) is 14.5 Å². The molecule has 8 heteroatoms. The van der Waals surface area contributed by atoms with E-state index in [2.05, 4.69) is 16.9 Å². The monoisotopic (exact) mass is 400 g/mol. The number of benzene rings is 1. The SMILES string of the molecule is CCCCN(CC(N)=O)Cc1nc2cc(-c3ccc(OC)cc3)sc2c(=O)[nH]1. The highest BCUT2D eigenvalue weighted by Gasteiger charge is 2.14. The molecule has 0 bridgehead atoms. The standard InChI is InChI=1S/C20H24N4O3S/c1-3-4-9-24(11-17(21)25)12-18-22-15-10-16(28-19(15)20(26)23-18)13-5-7-14(27-2)8-6-13/h5-8,10H,3-4,9,11-12H2,1-2H3,(H2,21,25)(H,22,23,26). The minimum atomic E-state index is -0.392. The van der Waals surface area contributed by atoms with E-state index in [1.54, 1.807) is 7.11 Å². The van der Waals surface area contributed by atoms with Gasteiger partial charge in [0.15, 0.2) is 0 Å². The molecule has 28 heavy (non-hydrogen) atoms. The molecular weight excluding hydrogens is 376 g/mol. The van der Waals surface area contributed by atoms with Crippen LogP contribution in [0.15, 0.2) is 35.1 Å². The number of hydrogen-bond acceptors (Lipinski definition) is 6. The van der Waals surface area contributed by atoms with E-state index >= 15 is 0 Å². The van der Waals surface area contributed by atoms with E-state index in [0.717, 1.165) is 35.6 Å². The smallest absolute Gasteiger partial charge is 0.268 e. The van der Waals surface area contributed by atoms with Crippen LogP contribution in [0.3, 0.4) is 0 Å². The molecule has 2 aromatic heterocycles. The number of unbranched alkanes of at least 4 members (excludes halogenated alkanes) is 1. The average Bonchev–Trinajstić information content (AvgIpc) is 3.10. The Morgan fingerprint density at radius 2 is 2.07 bits per heavy atom. The number of carbonyl (C=O) groups excluding carboxylic acids is 1. The number of fused-ring (bicyclic) bond motifs is 1. The molecule has 0 saturated carbocycles. The summed E-state index contributed by atoms with van der Waals surface area (Å²) in [5.41, 5.74) is 6.84. The van der Waals surface area contributed by atoms with Gasteiger partial charge in [-0.15, -0.1) is 11.3 Å². The Balaban J connectivity index is 1.88. The Kier molecular flexibility index (Phi) is 6.43. The summed E-state index contributed by atoms with van der Waals surface area (Å²) in [5, 5.41) is 0. The molecule has 0 saturated heterocycles. The van der Waals surface area contributed by atoms with E-state index < -0.39 is 5.91 Å². The molecule has 2 heterocycles. The number of primary amides is 1. The van der Waals surface area contributed by atoms with Gasteiger partial charge < -0.3 is 15.5 Å². The highest BCUT2D eigenvalue weighted by molar-refractivity contribution is 7.22. The van der Waals surface area contributed by atoms with Crippen molar-refractivity contribution in [1.29, 1.82) is 0 Å². The number of methoxy groups -OCH3 is 1. The zero-order valence-corrected chi connectivity index (χ0v) is 16.8. The van der Waals surface area contributed by atoms with Crippen molar-refractivity contribution in [2.24, 2.45) is 5.73 Å². The predicted molar refractivity (Wildman–Crippen MR) is 112 cm³/mol. The number of nitrogens with zero attached hydrogens (tertiary/aromatic N) is 2. The van der Waals surface area contributed by atoms with E-state index in [9.17, 15) is 9.59 Å². The molecule has 0 fully saturated rings. The Morgan fingerprint density at radius 3 is 2.71 bits per heavy atom. The van der Waals surface area contributed by atoms with Gasteiger partial charge in [0.05, 0.1) is 25.7 Å². The van der Waals surface area contributed by atoms with Crippen LogP contribution < -0.4 is 16.0 Å². The number of nitrogens with one attached hydrogen (secondary N) is 1. The van der Waals surface area contributed by atoms with Gasteiger partial charge in [0.1, 0.15) is 16.3 Å². The van der Waals surface area contributed by atoms with Crippen molar-refractivity contribution in [1.82, 2.24) is 14.9 Å². The quantitative estimate of drug-likeness (QED) is 0.575. The Hall–Kier alpha value is -2.71. The first kappa shape index (κ1) is 20.0. The number of aromatic amines is 1. The number of aromatic nitrogens is 2. The van der Waals surface area contributed by atoms with Crippen LogP contribution in [0.5, 0.6) is 5.75 Å². The molecule has 3 N–H and O–H groups in total. The number of ether oxygens (including phenoxy) is 1. The van der Waals surface area contributed by atoms with E-state index in [4.69, 9.17) is 10.5 Å². The molecule has 0 aliphatic rings. The molecular formula is C20H24N4O3S. The van der Waals surface area contributed by atoms with Crippen molar-refractivity contribution in [3.63, 3.8) is 0 Å². The zero-order valence-electron chi connectivity index (χ0n) is 16.0. The maximum atomic E-state index is 12.5. The molecule has 1 aromatic carbocycles. The maximum absolute atomic E-state index is 12.5. The number of rotatable bonds is 9. The zero-order chi connectivity index (χ0) is 20.1. The lowest BCUT2D eigenvalue weighted by atomic mass is 10.2. The van der Waals surface area contributed by atoms with Crippen LogP contribution in [0.2, 0.25) is 0 Å². The molecule has 1 amide bonds. The molecule has 0 unspecified atom stereocenters. The molecule has 0 aliphatic carbocycles. The lowest BCUT2D eigenvalue weighted by Gasteiger charge is -2.19.